The maximum atomic E-state index is 12.2. The molecule has 2 saturated heterocycles. The molecule has 0 saturated carbocycles. The number of thioether (sulfide) groups is 1. The molecule has 6 nitrogen and oxygen atoms in total. The van der Waals surface area contributed by atoms with Crippen LogP contribution in [-0.4, -0.2) is 47.0 Å². The molecule has 0 radical (unpaired) electrons. The van der Waals surface area contributed by atoms with Crippen molar-refractivity contribution in [1.82, 2.24) is 10.2 Å². The quantitative estimate of drug-likeness (QED) is 0.739. The summed E-state index contributed by atoms with van der Waals surface area (Å²) in [6.45, 7) is 1.56. The van der Waals surface area contributed by atoms with Gasteiger partial charge in [0.05, 0.1) is 12.1 Å². The van der Waals surface area contributed by atoms with E-state index in [0.29, 0.717) is 6.54 Å². The number of nitrogens with one attached hydrogen (secondary N) is 2. The van der Waals surface area contributed by atoms with Crippen LogP contribution < -0.4 is 16.4 Å². The number of likely N-dealkylation sites (tertiary alicyclic amines) is 1. The maximum Gasteiger partial charge on any atom is 0.242 e. The summed E-state index contributed by atoms with van der Waals surface area (Å²) >= 11 is 1.73. The molecule has 0 spiro atoms. The Kier molecular flexibility index (Phi) is 5.20. The third kappa shape index (κ3) is 4.04. The van der Waals surface area contributed by atoms with E-state index in [1.807, 2.05) is 24.3 Å². The van der Waals surface area contributed by atoms with Crippen LogP contribution in [0, 0.1) is 0 Å². The first-order valence-electron chi connectivity index (χ1n) is 7.88. The lowest BCUT2D eigenvalue weighted by Gasteiger charge is -2.22. The molecule has 2 unspecified atom stereocenters. The summed E-state index contributed by atoms with van der Waals surface area (Å²) in [6.07, 6.45) is 1.83. The second-order valence-electron chi connectivity index (χ2n) is 5.99. The molecular formula is C16H22N4O2S. The first kappa shape index (κ1) is 16.3. The van der Waals surface area contributed by atoms with Gasteiger partial charge in [-0.25, -0.2) is 0 Å². The summed E-state index contributed by atoms with van der Waals surface area (Å²) in [5.74, 6) is 1.38. The molecule has 2 atom stereocenters. The van der Waals surface area contributed by atoms with Crippen LogP contribution in [0.15, 0.2) is 24.3 Å². The van der Waals surface area contributed by atoms with Gasteiger partial charge in [0.1, 0.15) is 0 Å². The molecule has 0 aromatic heterocycles. The zero-order valence-electron chi connectivity index (χ0n) is 13.0. The van der Waals surface area contributed by atoms with Crippen LogP contribution in [0.2, 0.25) is 0 Å². The minimum atomic E-state index is -0.253. The molecule has 1 aromatic carbocycles. The summed E-state index contributed by atoms with van der Waals surface area (Å²) in [7, 11) is 0. The largest absolute Gasteiger partial charge is 0.368 e. The van der Waals surface area contributed by atoms with Gasteiger partial charge in [-0.1, -0.05) is 12.1 Å². The van der Waals surface area contributed by atoms with E-state index in [-0.39, 0.29) is 23.9 Å². The van der Waals surface area contributed by atoms with Crippen LogP contribution in [0.1, 0.15) is 18.4 Å². The number of carbonyl (C=O) groups excluding carboxylic acids is 2. The summed E-state index contributed by atoms with van der Waals surface area (Å²) in [5, 5.41) is 6.12. The molecule has 3 rings (SSSR count). The van der Waals surface area contributed by atoms with E-state index in [4.69, 9.17) is 5.73 Å². The van der Waals surface area contributed by atoms with Crippen LogP contribution in [0.5, 0.6) is 0 Å². The normalized spacial score (nSPS) is 24.7. The van der Waals surface area contributed by atoms with Gasteiger partial charge in [-0.05, 0) is 37.1 Å². The highest BCUT2D eigenvalue weighted by Gasteiger charge is 2.28. The van der Waals surface area contributed by atoms with Crippen LogP contribution in [0.4, 0.5) is 5.69 Å². The summed E-state index contributed by atoms with van der Waals surface area (Å²) in [5.41, 5.74) is 7.33. The Morgan fingerprint density at radius 2 is 2.30 bits per heavy atom. The van der Waals surface area contributed by atoms with Crippen LogP contribution >= 0.6 is 11.8 Å². The number of rotatable bonds is 5. The highest BCUT2D eigenvalue weighted by molar-refractivity contribution is 7.99. The Hall–Kier alpha value is -1.57. The number of hydrogen-bond acceptors (Lipinski definition) is 5. The van der Waals surface area contributed by atoms with Gasteiger partial charge in [0.2, 0.25) is 11.8 Å². The van der Waals surface area contributed by atoms with E-state index in [1.54, 1.807) is 11.8 Å². The van der Waals surface area contributed by atoms with Gasteiger partial charge in [0, 0.05) is 23.9 Å². The number of nitrogens with two attached hydrogens (primary N) is 1. The monoisotopic (exact) mass is 334 g/mol. The van der Waals surface area contributed by atoms with E-state index in [2.05, 4.69) is 15.5 Å². The summed E-state index contributed by atoms with van der Waals surface area (Å²) in [4.78, 5) is 25.7. The number of nitrogens with zero attached hydrogens (tertiary/aromatic N) is 1. The Morgan fingerprint density at radius 1 is 1.43 bits per heavy atom. The second-order valence-corrected chi connectivity index (χ2v) is 7.02. The topological polar surface area (TPSA) is 87.5 Å². The Morgan fingerprint density at radius 3 is 3.04 bits per heavy atom. The number of hydrogen-bond donors (Lipinski definition) is 3. The highest BCUT2D eigenvalue weighted by atomic mass is 32.2. The first-order chi connectivity index (χ1) is 11.1. The fraction of sp³-hybridized carbons (Fsp3) is 0.500. The van der Waals surface area contributed by atoms with Gasteiger partial charge in [-0.3, -0.25) is 19.8 Å². The van der Waals surface area contributed by atoms with Crippen molar-refractivity contribution in [2.75, 3.05) is 23.5 Å². The summed E-state index contributed by atoms with van der Waals surface area (Å²) in [6, 6.07) is 7.50. The average Bonchev–Trinajstić information content (AvgIpc) is 3.18. The number of carbonyl (C=O) groups is 2. The average molecular weight is 334 g/mol. The van der Waals surface area contributed by atoms with Gasteiger partial charge in [0.25, 0.3) is 0 Å². The lowest BCUT2D eigenvalue weighted by Crippen LogP contribution is -2.39. The van der Waals surface area contributed by atoms with Crippen LogP contribution in [0.25, 0.3) is 0 Å². The van der Waals surface area contributed by atoms with Gasteiger partial charge in [-0.2, -0.15) is 0 Å². The van der Waals surface area contributed by atoms with Crippen molar-refractivity contribution in [1.29, 1.82) is 0 Å². The van der Waals surface area contributed by atoms with Crippen molar-refractivity contribution in [3.63, 3.8) is 0 Å². The Bertz CT molecular complexity index is 589. The predicted molar refractivity (Wildman–Crippen MR) is 91.9 cm³/mol. The molecule has 23 heavy (non-hydrogen) atoms. The van der Waals surface area contributed by atoms with Gasteiger partial charge in [-0.15, -0.1) is 11.8 Å². The van der Waals surface area contributed by atoms with Crippen molar-refractivity contribution < 1.29 is 9.59 Å². The molecule has 2 amide bonds. The molecule has 4 N–H and O–H groups in total. The SMILES string of the molecule is NC(=O)C1CCCN1Cc1cccc(NC(=O)C2CSCN2)c1. The van der Waals surface area contributed by atoms with Gasteiger partial charge in [0.15, 0.2) is 0 Å². The van der Waals surface area contributed by atoms with E-state index < -0.39 is 0 Å². The molecular weight excluding hydrogens is 312 g/mol. The van der Waals surface area contributed by atoms with E-state index in [1.165, 1.54) is 0 Å². The number of primary amides is 1. The molecule has 2 aliphatic rings. The molecule has 2 aliphatic heterocycles. The molecule has 2 heterocycles. The van der Waals surface area contributed by atoms with Crippen molar-refractivity contribution in [3.8, 4) is 0 Å². The predicted octanol–water partition coefficient (Wildman–Crippen LogP) is 0.737. The minimum absolute atomic E-state index is 0.00309. The van der Waals surface area contributed by atoms with E-state index >= 15 is 0 Å². The maximum absolute atomic E-state index is 12.2. The lowest BCUT2D eigenvalue weighted by atomic mass is 10.1. The third-order valence-corrected chi connectivity index (χ3v) is 5.24. The van der Waals surface area contributed by atoms with Crippen molar-refractivity contribution in [2.45, 2.75) is 31.5 Å². The van der Waals surface area contributed by atoms with Crippen molar-refractivity contribution >= 4 is 29.3 Å². The van der Waals surface area contributed by atoms with Crippen LogP contribution in [0.3, 0.4) is 0 Å². The Balaban J connectivity index is 1.63. The fourth-order valence-corrected chi connectivity index (χ4v) is 4.05. The molecule has 0 aliphatic carbocycles. The lowest BCUT2D eigenvalue weighted by molar-refractivity contribution is -0.122. The molecule has 0 bridgehead atoms. The second kappa shape index (κ2) is 7.33. The van der Waals surface area contributed by atoms with E-state index in [0.717, 1.165) is 42.3 Å². The smallest absolute Gasteiger partial charge is 0.242 e. The number of amides is 2. The zero-order chi connectivity index (χ0) is 16.2. The number of benzene rings is 1. The fourth-order valence-electron chi connectivity index (χ4n) is 3.11. The standard InChI is InChI=1S/C16H22N4O2S/c17-15(21)14-5-2-6-20(14)8-11-3-1-4-12(7-11)19-16(22)13-9-23-10-18-13/h1,3-4,7,13-14,18H,2,5-6,8-10H2,(H2,17,21)(H,19,22). The summed E-state index contributed by atoms with van der Waals surface area (Å²) < 4.78 is 0. The first-order valence-corrected chi connectivity index (χ1v) is 9.03. The van der Waals surface area contributed by atoms with Gasteiger partial charge < -0.3 is 11.1 Å². The number of anilines is 1. The van der Waals surface area contributed by atoms with Crippen molar-refractivity contribution in [2.24, 2.45) is 5.73 Å². The Labute approximate surface area is 140 Å². The van der Waals surface area contributed by atoms with Gasteiger partial charge >= 0.3 is 0 Å². The third-order valence-electron chi connectivity index (χ3n) is 4.31. The molecule has 1 aromatic rings. The van der Waals surface area contributed by atoms with Crippen LogP contribution in [-0.2, 0) is 16.1 Å². The molecule has 124 valence electrons. The van der Waals surface area contributed by atoms with E-state index in [9.17, 15) is 9.59 Å². The molecule has 2 fully saturated rings. The zero-order valence-corrected chi connectivity index (χ0v) is 13.8. The highest BCUT2D eigenvalue weighted by Crippen LogP contribution is 2.21. The molecule has 7 heteroatoms. The minimum Gasteiger partial charge on any atom is -0.368 e. The van der Waals surface area contributed by atoms with Crippen molar-refractivity contribution in [3.05, 3.63) is 29.8 Å².